The lowest BCUT2D eigenvalue weighted by Gasteiger charge is -2.08. The average molecular weight is 280 g/mol. The van der Waals surface area contributed by atoms with Gasteiger partial charge in [-0.1, -0.05) is 42.4 Å². The van der Waals surface area contributed by atoms with E-state index >= 15 is 0 Å². The zero-order valence-electron chi connectivity index (χ0n) is 10.0. The third-order valence-corrected chi connectivity index (χ3v) is 3.76. The van der Waals surface area contributed by atoms with E-state index in [0.717, 1.165) is 21.9 Å². The van der Waals surface area contributed by atoms with Crippen LogP contribution < -0.4 is 0 Å². The van der Waals surface area contributed by atoms with Crippen molar-refractivity contribution in [2.24, 2.45) is 0 Å². The summed E-state index contributed by atoms with van der Waals surface area (Å²) in [6.45, 7) is 1.96. The van der Waals surface area contributed by atoms with Crippen molar-refractivity contribution in [2.75, 3.05) is 0 Å². The van der Waals surface area contributed by atoms with Gasteiger partial charge in [0.1, 0.15) is 5.03 Å². The molecular formula is C14H14ClNOS. The van der Waals surface area contributed by atoms with Crippen molar-refractivity contribution in [3.63, 3.8) is 0 Å². The number of benzene rings is 1. The highest BCUT2D eigenvalue weighted by Gasteiger charge is 2.05. The Morgan fingerprint density at radius 3 is 2.50 bits per heavy atom. The lowest BCUT2D eigenvalue weighted by molar-refractivity contribution is 0.173. The molecule has 0 bridgehead atoms. The largest absolute Gasteiger partial charge is 0.388 e. The molecule has 0 aliphatic heterocycles. The number of hydrogen-bond acceptors (Lipinski definition) is 3. The van der Waals surface area contributed by atoms with Gasteiger partial charge in [-0.3, -0.25) is 0 Å². The van der Waals surface area contributed by atoms with E-state index < -0.39 is 0 Å². The first kappa shape index (κ1) is 13.4. The fourth-order valence-corrected chi connectivity index (χ4v) is 2.40. The third-order valence-electron chi connectivity index (χ3n) is 2.57. The number of nitrogens with zero attached hydrogens (tertiary/aromatic N) is 1. The number of pyridine rings is 1. The molecule has 0 saturated carbocycles. The van der Waals surface area contributed by atoms with Crippen LogP contribution in [0.1, 0.15) is 25.0 Å². The minimum Gasteiger partial charge on any atom is -0.388 e. The van der Waals surface area contributed by atoms with E-state index in [4.69, 9.17) is 11.6 Å². The van der Waals surface area contributed by atoms with E-state index in [1.165, 1.54) is 0 Å². The lowest BCUT2D eigenvalue weighted by atomic mass is 10.1. The van der Waals surface area contributed by atoms with Crippen LogP contribution in [0.15, 0.2) is 52.5 Å². The molecule has 0 saturated heterocycles. The Morgan fingerprint density at radius 1 is 1.22 bits per heavy atom. The summed E-state index contributed by atoms with van der Waals surface area (Å²) in [5.74, 6) is 0. The maximum Gasteiger partial charge on any atom is 0.101 e. The van der Waals surface area contributed by atoms with Gasteiger partial charge in [0, 0.05) is 11.1 Å². The van der Waals surface area contributed by atoms with Gasteiger partial charge in [0.2, 0.25) is 0 Å². The normalized spacial score (nSPS) is 12.4. The zero-order valence-corrected chi connectivity index (χ0v) is 11.6. The van der Waals surface area contributed by atoms with Gasteiger partial charge in [-0.15, -0.1) is 0 Å². The molecule has 1 aromatic carbocycles. The highest BCUT2D eigenvalue weighted by atomic mass is 35.5. The number of aliphatic hydroxyl groups excluding tert-OH is 1. The Bertz CT molecular complexity index is 498. The lowest BCUT2D eigenvalue weighted by Crippen LogP contribution is -1.94. The molecule has 0 aliphatic rings. The molecule has 1 N–H and O–H groups in total. The van der Waals surface area contributed by atoms with Gasteiger partial charge in [-0.25, -0.2) is 4.98 Å². The molecule has 2 aromatic rings. The van der Waals surface area contributed by atoms with E-state index in [-0.39, 0.29) is 6.10 Å². The minimum absolute atomic E-state index is 0.377. The highest BCUT2D eigenvalue weighted by Crippen LogP contribution is 2.28. The summed E-state index contributed by atoms with van der Waals surface area (Å²) in [5.41, 5.74) is 0.950. The molecule has 1 aromatic heterocycles. The summed E-state index contributed by atoms with van der Waals surface area (Å²) < 4.78 is 0. The maximum absolute atomic E-state index is 9.71. The number of rotatable bonds is 4. The average Bonchev–Trinajstić information content (AvgIpc) is 2.41. The molecule has 2 nitrogen and oxygen atoms in total. The highest BCUT2D eigenvalue weighted by molar-refractivity contribution is 7.99. The maximum atomic E-state index is 9.71. The van der Waals surface area contributed by atoms with Crippen LogP contribution in [0.4, 0.5) is 0 Å². The molecule has 94 valence electrons. The Balaban J connectivity index is 2.08. The molecule has 4 heteroatoms. The summed E-state index contributed by atoms with van der Waals surface area (Å²) in [4.78, 5) is 5.32. The Hall–Kier alpha value is -1.03. The molecule has 0 unspecified atom stereocenters. The topological polar surface area (TPSA) is 33.1 Å². The SMILES string of the molecule is CC[C@@H](O)c1ccc(Sc2ccc(Cl)cn2)cc1. The Morgan fingerprint density at radius 2 is 1.94 bits per heavy atom. The second-order valence-corrected chi connectivity index (χ2v) is 5.44. The number of aromatic nitrogens is 1. The van der Waals surface area contributed by atoms with E-state index in [1.807, 2.05) is 43.3 Å². The molecule has 1 heterocycles. The molecule has 2 rings (SSSR count). The van der Waals surface area contributed by atoms with Crippen molar-refractivity contribution < 1.29 is 5.11 Å². The van der Waals surface area contributed by atoms with E-state index in [0.29, 0.717) is 5.02 Å². The molecule has 0 spiro atoms. The van der Waals surface area contributed by atoms with Gasteiger partial charge in [-0.05, 0) is 36.2 Å². The van der Waals surface area contributed by atoms with Crippen LogP contribution in [0.3, 0.4) is 0 Å². The van der Waals surface area contributed by atoms with Gasteiger partial charge in [0.25, 0.3) is 0 Å². The molecule has 0 aliphatic carbocycles. The zero-order chi connectivity index (χ0) is 13.0. The van der Waals surface area contributed by atoms with Crippen LogP contribution in [0, 0.1) is 0 Å². The number of aliphatic hydroxyl groups is 1. The van der Waals surface area contributed by atoms with Crippen molar-refractivity contribution >= 4 is 23.4 Å². The summed E-state index contributed by atoms with van der Waals surface area (Å²) in [5, 5.41) is 11.3. The quantitative estimate of drug-likeness (QED) is 0.904. The van der Waals surface area contributed by atoms with Crippen LogP contribution in [0.5, 0.6) is 0 Å². The fourth-order valence-electron chi connectivity index (χ4n) is 1.54. The monoisotopic (exact) mass is 279 g/mol. The van der Waals surface area contributed by atoms with Gasteiger partial charge in [0.15, 0.2) is 0 Å². The van der Waals surface area contributed by atoms with Crippen molar-refractivity contribution in [2.45, 2.75) is 29.4 Å². The molecule has 0 amide bonds. The third kappa shape index (κ3) is 3.48. The van der Waals surface area contributed by atoms with Crippen molar-refractivity contribution in [3.05, 3.63) is 53.2 Å². The van der Waals surface area contributed by atoms with Crippen LogP contribution in [-0.2, 0) is 0 Å². The Labute approximate surface area is 116 Å². The van der Waals surface area contributed by atoms with Gasteiger partial charge >= 0.3 is 0 Å². The first-order valence-corrected chi connectivity index (χ1v) is 6.96. The van der Waals surface area contributed by atoms with Crippen LogP contribution in [0.2, 0.25) is 5.02 Å². The van der Waals surface area contributed by atoms with Crippen LogP contribution >= 0.6 is 23.4 Å². The molecule has 0 radical (unpaired) electrons. The summed E-state index contributed by atoms with van der Waals surface area (Å²) in [7, 11) is 0. The van der Waals surface area contributed by atoms with Crippen molar-refractivity contribution in [3.8, 4) is 0 Å². The summed E-state index contributed by atoms with van der Waals surface area (Å²) >= 11 is 7.36. The number of hydrogen-bond donors (Lipinski definition) is 1. The summed E-state index contributed by atoms with van der Waals surface area (Å²) in [6.07, 6.45) is 1.99. The molecular weight excluding hydrogens is 266 g/mol. The van der Waals surface area contributed by atoms with Crippen LogP contribution in [0.25, 0.3) is 0 Å². The molecule has 18 heavy (non-hydrogen) atoms. The second kappa shape index (κ2) is 6.23. The fraction of sp³-hybridized carbons (Fsp3) is 0.214. The first-order chi connectivity index (χ1) is 8.69. The minimum atomic E-state index is -0.377. The standard InChI is InChI=1S/C14H14ClNOS/c1-2-13(17)10-3-6-12(7-4-10)18-14-8-5-11(15)9-16-14/h3-9,13,17H,2H2,1H3/t13-/m1/s1. The van der Waals surface area contributed by atoms with Gasteiger partial charge in [0.05, 0.1) is 11.1 Å². The Kier molecular flexibility index (Phi) is 4.64. The second-order valence-electron chi connectivity index (χ2n) is 3.91. The van der Waals surface area contributed by atoms with E-state index in [1.54, 1.807) is 18.0 Å². The predicted octanol–water partition coefficient (Wildman–Crippen LogP) is 4.33. The van der Waals surface area contributed by atoms with Crippen LogP contribution in [-0.4, -0.2) is 10.1 Å². The van der Waals surface area contributed by atoms with Gasteiger partial charge in [-0.2, -0.15) is 0 Å². The van der Waals surface area contributed by atoms with Crippen molar-refractivity contribution in [1.82, 2.24) is 4.98 Å². The van der Waals surface area contributed by atoms with E-state index in [2.05, 4.69) is 4.98 Å². The van der Waals surface area contributed by atoms with Crippen molar-refractivity contribution in [1.29, 1.82) is 0 Å². The summed E-state index contributed by atoms with van der Waals surface area (Å²) in [6, 6.07) is 11.6. The van der Waals surface area contributed by atoms with Gasteiger partial charge < -0.3 is 5.11 Å². The molecule has 1 atom stereocenters. The number of halogens is 1. The molecule has 0 fully saturated rings. The first-order valence-electron chi connectivity index (χ1n) is 5.76. The smallest absolute Gasteiger partial charge is 0.101 e. The predicted molar refractivity (Wildman–Crippen MR) is 75.1 cm³/mol. The van der Waals surface area contributed by atoms with E-state index in [9.17, 15) is 5.11 Å².